The van der Waals surface area contributed by atoms with Crippen LogP contribution in [0.3, 0.4) is 0 Å². The highest BCUT2D eigenvalue weighted by Crippen LogP contribution is 2.26. The summed E-state index contributed by atoms with van der Waals surface area (Å²) in [5, 5.41) is 0. The zero-order valence-electron chi connectivity index (χ0n) is 10.7. The zero-order valence-corrected chi connectivity index (χ0v) is 11.5. The molecular weight excluding hydrogens is 247 g/mol. The molecular formula is C14H19FN2S. The van der Waals surface area contributed by atoms with E-state index in [1.807, 2.05) is 6.07 Å². The predicted molar refractivity (Wildman–Crippen MR) is 77.5 cm³/mol. The molecule has 2 nitrogen and oxygen atoms in total. The molecule has 1 aromatic carbocycles. The van der Waals surface area contributed by atoms with E-state index in [-0.39, 0.29) is 10.8 Å². The number of rotatable bonds is 3. The molecule has 0 spiro atoms. The van der Waals surface area contributed by atoms with Crippen molar-refractivity contribution in [2.24, 2.45) is 11.7 Å². The summed E-state index contributed by atoms with van der Waals surface area (Å²) < 4.78 is 13.8. The lowest BCUT2D eigenvalue weighted by molar-refractivity contribution is 0.404. The van der Waals surface area contributed by atoms with Gasteiger partial charge in [-0.05, 0) is 37.0 Å². The van der Waals surface area contributed by atoms with Gasteiger partial charge in [-0.1, -0.05) is 25.6 Å². The summed E-state index contributed by atoms with van der Waals surface area (Å²) in [5.41, 5.74) is 6.73. The third-order valence-electron chi connectivity index (χ3n) is 3.68. The van der Waals surface area contributed by atoms with E-state index in [0.717, 1.165) is 24.7 Å². The largest absolute Gasteiger partial charge is 0.389 e. The number of piperidine rings is 1. The van der Waals surface area contributed by atoms with Crippen molar-refractivity contribution in [1.82, 2.24) is 0 Å². The molecule has 0 radical (unpaired) electrons. The first-order valence-corrected chi connectivity index (χ1v) is 6.87. The Hall–Kier alpha value is -1.16. The molecule has 2 N–H and O–H groups in total. The molecule has 0 aliphatic carbocycles. The lowest BCUT2D eigenvalue weighted by Gasteiger charge is -2.34. The maximum Gasteiger partial charge on any atom is 0.135 e. The van der Waals surface area contributed by atoms with Crippen molar-refractivity contribution in [3.63, 3.8) is 0 Å². The molecule has 2 rings (SSSR count). The third-order valence-corrected chi connectivity index (χ3v) is 3.90. The maximum atomic E-state index is 13.8. The van der Waals surface area contributed by atoms with Gasteiger partial charge in [-0.3, -0.25) is 0 Å². The lowest BCUT2D eigenvalue weighted by Crippen LogP contribution is -2.35. The van der Waals surface area contributed by atoms with E-state index < -0.39 is 0 Å². The van der Waals surface area contributed by atoms with Crippen molar-refractivity contribution >= 4 is 22.9 Å². The van der Waals surface area contributed by atoms with Gasteiger partial charge in [0.1, 0.15) is 10.8 Å². The van der Waals surface area contributed by atoms with Gasteiger partial charge >= 0.3 is 0 Å². The van der Waals surface area contributed by atoms with Crippen LogP contribution in [0.1, 0.15) is 31.7 Å². The number of hydrogen-bond donors (Lipinski definition) is 1. The fourth-order valence-electron chi connectivity index (χ4n) is 2.53. The number of benzene rings is 1. The number of anilines is 1. The Labute approximate surface area is 113 Å². The van der Waals surface area contributed by atoms with Gasteiger partial charge in [0.2, 0.25) is 0 Å². The van der Waals surface area contributed by atoms with E-state index in [0.29, 0.717) is 5.56 Å². The number of thiocarbonyl (C=S) groups is 1. The molecule has 0 amide bonds. The second-order valence-corrected chi connectivity index (χ2v) is 5.33. The van der Waals surface area contributed by atoms with E-state index in [9.17, 15) is 4.39 Å². The Balaban J connectivity index is 2.18. The third kappa shape index (κ3) is 2.80. The molecule has 1 saturated heterocycles. The van der Waals surface area contributed by atoms with Crippen molar-refractivity contribution in [3.05, 3.63) is 29.6 Å². The summed E-state index contributed by atoms with van der Waals surface area (Å²) in [5.74, 6) is 0.399. The Morgan fingerprint density at radius 1 is 1.56 bits per heavy atom. The van der Waals surface area contributed by atoms with Crippen LogP contribution in [0.5, 0.6) is 0 Å². The molecule has 1 unspecified atom stereocenters. The molecule has 1 atom stereocenters. The molecule has 0 saturated carbocycles. The molecule has 18 heavy (non-hydrogen) atoms. The first kappa shape index (κ1) is 13.3. The summed E-state index contributed by atoms with van der Waals surface area (Å²) in [6, 6.07) is 5.14. The van der Waals surface area contributed by atoms with Crippen LogP contribution in [-0.4, -0.2) is 18.1 Å². The molecule has 1 aliphatic rings. The average molecular weight is 266 g/mol. The SMILES string of the molecule is CCC1CCCN(c2ccc(C(N)=S)c(F)c2)C1. The summed E-state index contributed by atoms with van der Waals surface area (Å²) in [7, 11) is 0. The second-order valence-electron chi connectivity index (χ2n) is 4.89. The van der Waals surface area contributed by atoms with Gasteiger partial charge < -0.3 is 10.6 Å². The van der Waals surface area contributed by atoms with Crippen LogP contribution >= 0.6 is 12.2 Å². The summed E-state index contributed by atoms with van der Waals surface area (Å²) in [6.07, 6.45) is 3.64. The minimum Gasteiger partial charge on any atom is -0.389 e. The van der Waals surface area contributed by atoms with Gasteiger partial charge in [-0.2, -0.15) is 0 Å². The minimum absolute atomic E-state index is 0.115. The Bertz CT molecular complexity index is 447. The van der Waals surface area contributed by atoms with Crippen molar-refractivity contribution in [2.45, 2.75) is 26.2 Å². The maximum absolute atomic E-state index is 13.8. The summed E-state index contributed by atoms with van der Waals surface area (Å²) in [4.78, 5) is 2.37. The topological polar surface area (TPSA) is 29.3 Å². The van der Waals surface area contributed by atoms with Crippen LogP contribution in [0.15, 0.2) is 18.2 Å². The Kier molecular flexibility index (Phi) is 4.17. The fraction of sp³-hybridized carbons (Fsp3) is 0.500. The summed E-state index contributed by atoms with van der Waals surface area (Å²) >= 11 is 4.81. The minimum atomic E-state index is -0.321. The molecule has 98 valence electrons. The van der Waals surface area contributed by atoms with Crippen molar-refractivity contribution < 1.29 is 4.39 Å². The first-order valence-electron chi connectivity index (χ1n) is 6.46. The summed E-state index contributed by atoms with van der Waals surface area (Å²) in [6.45, 7) is 4.23. The number of nitrogens with zero attached hydrogens (tertiary/aromatic N) is 1. The van der Waals surface area contributed by atoms with Gasteiger partial charge in [0, 0.05) is 24.3 Å². The van der Waals surface area contributed by atoms with Gasteiger partial charge in [-0.25, -0.2) is 4.39 Å². The van der Waals surface area contributed by atoms with Gasteiger partial charge in [0.15, 0.2) is 0 Å². The quantitative estimate of drug-likeness (QED) is 0.853. The second kappa shape index (κ2) is 5.65. The van der Waals surface area contributed by atoms with Gasteiger partial charge in [0.05, 0.1) is 0 Å². The first-order chi connectivity index (χ1) is 8.61. The lowest BCUT2D eigenvalue weighted by atomic mass is 9.95. The average Bonchev–Trinajstić information content (AvgIpc) is 2.38. The van der Waals surface area contributed by atoms with Crippen LogP contribution < -0.4 is 10.6 Å². The van der Waals surface area contributed by atoms with E-state index >= 15 is 0 Å². The van der Waals surface area contributed by atoms with E-state index in [4.69, 9.17) is 18.0 Å². The number of hydrogen-bond acceptors (Lipinski definition) is 2. The van der Waals surface area contributed by atoms with Gasteiger partial charge in [0.25, 0.3) is 0 Å². The molecule has 0 bridgehead atoms. The zero-order chi connectivity index (χ0) is 13.1. The van der Waals surface area contributed by atoms with E-state index in [2.05, 4.69) is 11.8 Å². The molecule has 1 aromatic rings. The molecule has 1 fully saturated rings. The Morgan fingerprint density at radius 3 is 2.94 bits per heavy atom. The van der Waals surface area contributed by atoms with Crippen molar-refractivity contribution in [2.75, 3.05) is 18.0 Å². The molecule has 1 aliphatic heterocycles. The molecule has 1 heterocycles. The van der Waals surface area contributed by atoms with Crippen LogP contribution in [-0.2, 0) is 0 Å². The van der Waals surface area contributed by atoms with Crippen LogP contribution in [0, 0.1) is 11.7 Å². The highest BCUT2D eigenvalue weighted by molar-refractivity contribution is 7.80. The van der Waals surface area contributed by atoms with Crippen LogP contribution in [0.2, 0.25) is 0 Å². The van der Waals surface area contributed by atoms with Crippen molar-refractivity contribution in [1.29, 1.82) is 0 Å². The Morgan fingerprint density at radius 2 is 2.33 bits per heavy atom. The fourth-order valence-corrected chi connectivity index (χ4v) is 2.70. The predicted octanol–water partition coefficient (Wildman–Crippen LogP) is 3.09. The van der Waals surface area contributed by atoms with Crippen LogP contribution in [0.4, 0.5) is 10.1 Å². The highest BCUT2D eigenvalue weighted by Gasteiger charge is 2.19. The normalized spacial score (nSPS) is 19.9. The number of nitrogens with two attached hydrogens (primary N) is 1. The van der Waals surface area contributed by atoms with Gasteiger partial charge in [-0.15, -0.1) is 0 Å². The molecule has 0 aromatic heterocycles. The molecule has 4 heteroatoms. The van der Waals surface area contributed by atoms with E-state index in [1.54, 1.807) is 12.1 Å². The van der Waals surface area contributed by atoms with Crippen LogP contribution in [0.25, 0.3) is 0 Å². The van der Waals surface area contributed by atoms with E-state index in [1.165, 1.54) is 19.3 Å². The smallest absolute Gasteiger partial charge is 0.135 e. The van der Waals surface area contributed by atoms with Crippen molar-refractivity contribution in [3.8, 4) is 0 Å². The monoisotopic (exact) mass is 266 g/mol. The standard InChI is InChI=1S/C14H19FN2S/c1-2-10-4-3-7-17(9-10)11-5-6-12(14(16)18)13(15)8-11/h5-6,8,10H,2-4,7,9H2,1H3,(H2,16,18). The number of halogens is 1. The highest BCUT2D eigenvalue weighted by atomic mass is 32.1.